The highest BCUT2D eigenvalue weighted by atomic mass is 32.2. The number of methoxy groups -OCH3 is 1. The number of ether oxygens (including phenoxy) is 2. The molecule has 3 rings (SSSR count). The molecule has 0 aliphatic rings. The molecule has 0 N–H and O–H groups in total. The summed E-state index contributed by atoms with van der Waals surface area (Å²) >= 11 is 0. The number of hydrogen-bond donors (Lipinski definition) is 0. The molecule has 0 aliphatic carbocycles. The number of hydrogen-bond acceptors (Lipinski definition) is 6. The molecule has 0 amide bonds. The van der Waals surface area contributed by atoms with Gasteiger partial charge in [0.1, 0.15) is 5.75 Å². The van der Waals surface area contributed by atoms with Crippen LogP contribution in [0, 0.1) is 0 Å². The molecule has 0 saturated heterocycles. The third-order valence-corrected chi connectivity index (χ3v) is 6.42. The average molecular weight is 426 g/mol. The normalized spacial score (nSPS) is 12.3. The number of rotatable bonds is 8. The van der Waals surface area contributed by atoms with E-state index >= 15 is 0 Å². The number of ketones is 1. The first kappa shape index (κ1) is 21.5. The first-order valence-corrected chi connectivity index (χ1v) is 11.0. The highest BCUT2D eigenvalue weighted by Gasteiger charge is 2.22. The molecule has 0 radical (unpaired) electrons. The van der Waals surface area contributed by atoms with E-state index in [1.54, 1.807) is 36.4 Å². The molecule has 0 aliphatic heterocycles. The Labute approximate surface area is 175 Å². The summed E-state index contributed by atoms with van der Waals surface area (Å²) in [5.74, 6) is -0.902. The van der Waals surface area contributed by atoms with E-state index in [4.69, 9.17) is 9.47 Å². The molecule has 0 bridgehead atoms. The van der Waals surface area contributed by atoms with E-state index in [1.807, 2.05) is 24.3 Å². The van der Waals surface area contributed by atoms with Crippen LogP contribution in [0.25, 0.3) is 10.8 Å². The molecule has 0 saturated carbocycles. The zero-order valence-electron chi connectivity index (χ0n) is 16.7. The molecule has 3 aromatic rings. The Hall–Kier alpha value is -3.19. The van der Waals surface area contributed by atoms with Crippen LogP contribution in [0.3, 0.4) is 0 Å². The SMILES string of the molecule is COc1ccc(C(=O)C(C)OC(=O)CCS(=O)(=O)c2ccc3ccccc3c2)cc1. The fourth-order valence-electron chi connectivity index (χ4n) is 3.00. The van der Waals surface area contributed by atoms with E-state index in [0.717, 1.165) is 10.8 Å². The van der Waals surface area contributed by atoms with Crippen LogP contribution >= 0.6 is 0 Å². The molecule has 0 fully saturated rings. The third-order valence-electron chi connectivity index (χ3n) is 4.71. The number of Topliss-reactive ketones (excluding diaryl/α,β-unsaturated/α-hetero) is 1. The van der Waals surface area contributed by atoms with Crippen LogP contribution in [0.15, 0.2) is 71.6 Å². The second kappa shape index (κ2) is 9.09. The molecule has 0 heterocycles. The van der Waals surface area contributed by atoms with Crippen molar-refractivity contribution in [1.29, 1.82) is 0 Å². The van der Waals surface area contributed by atoms with E-state index < -0.39 is 27.7 Å². The summed E-state index contributed by atoms with van der Waals surface area (Å²) in [4.78, 5) is 24.7. The highest BCUT2D eigenvalue weighted by molar-refractivity contribution is 7.91. The fraction of sp³-hybridized carbons (Fsp3) is 0.217. The largest absolute Gasteiger partial charge is 0.497 e. The van der Waals surface area contributed by atoms with Crippen LogP contribution in [0.4, 0.5) is 0 Å². The van der Waals surface area contributed by atoms with Gasteiger partial charge in [-0.25, -0.2) is 8.42 Å². The van der Waals surface area contributed by atoms with Crippen molar-refractivity contribution in [2.45, 2.75) is 24.3 Å². The van der Waals surface area contributed by atoms with E-state index in [1.165, 1.54) is 20.1 Å². The topological polar surface area (TPSA) is 86.7 Å². The number of carbonyl (C=O) groups excluding carboxylic acids is 2. The lowest BCUT2D eigenvalue weighted by atomic mass is 10.1. The van der Waals surface area contributed by atoms with E-state index in [2.05, 4.69) is 0 Å². The molecular weight excluding hydrogens is 404 g/mol. The Kier molecular flexibility index (Phi) is 6.52. The quantitative estimate of drug-likeness (QED) is 0.402. The number of benzene rings is 3. The van der Waals surface area contributed by atoms with Crippen molar-refractivity contribution in [1.82, 2.24) is 0 Å². The number of esters is 1. The number of sulfone groups is 1. The average Bonchev–Trinajstić information content (AvgIpc) is 2.77. The van der Waals surface area contributed by atoms with Gasteiger partial charge in [0.2, 0.25) is 5.78 Å². The van der Waals surface area contributed by atoms with Crippen molar-refractivity contribution in [3.63, 3.8) is 0 Å². The van der Waals surface area contributed by atoms with Gasteiger partial charge in [-0.2, -0.15) is 0 Å². The van der Waals surface area contributed by atoms with Gasteiger partial charge in [-0.05, 0) is 54.1 Å². The predicted octanol–water partition coefficient (Wildman–Crippen LogP) is 3.83. The summed E-state index contributed by atoms with van der Waals surface area (Å²) in [6, 6.07) is 18.7. The summed E-state index contributed by atoms with van der Waals surface area (Å²) in [6.45, 7) is 1.46. The van der Waals surface area contributed by atoms with Crippen molar-refractivity contribution < 1.29 is 27.5 Å². The second-order valence-corrected chi connectivity index (χ2v) is 8.91. The van der Waals surface area contributed by atoms with Crippen molar-refractivity contribution in [2.24, 2.45) is 0 Å². The molecule has 1 atom stereocenters. The zero-order chi connectivity index (χ0) is 21.7. The molecule has 156 valence electrons. The molecule has 0 spiro atoms. The van der Waals surface area contributed by atoms with Gasteiger partial charge < -0.3 is 9.47 Å². The first-order chi connectivity index (χ1) is 14.3. The van der Waals surface area contributed by atoms with Crippen LogP contribution in [0.5, 0.6) is 5.75 Å². The minimum atomic E-state index is -3.66. The monoisotopic (exact) mass is 426 g/mol. The molecule has 6 nitrogen and oxygen atoms in total. The molecule has 30 heavy (non-hydrogen) atoms. The summed E-state index contributed by atoms with van der Waals surface area (Å²) in [5, 5.41) is 1.74. The lowest BCUT2D eigenvalue weighted by Gasteiger charge is -2.13. The maximum atomic E-state index is 12.6. The maximum Gasteiger partial charge on any atom is 0.307 e. The van der Waals surface area contributed by atoms with Crippen LogP contribution in [0.1, 0.15) is 23.7 Å². The Bertz CT molecular complexity index is 1170. The standard InChI is InChI=1S/C23H22O6S/c1-16(23(25)18-7-10-20(28-2)11-8-18)29-22(24)13-14-30(26,27)21-12-9-17-5-3-4-6-19(17)15-21/h3-12,15-16H,13-14H2,1-2H3. The summed E-state index contributed by atoms with van der Waals surface area (Å²) in [6.07, 6.45) is -1.36. The van der Waals surface area contributed by atoms with E-state index in [-0.39, 0.29) is 17.1 Å². The summed E-state index contributed by atoms with van der Waals surface area (Å²) in [7, 11) is -2.14. The van der Waals surface area contributed by atoms with Crippen molar-refractivity contribution >= 4 is 32.4 Å². The minimum absolute atomic E-state index is 0.149. The van der Waals surface area contributed by atoms with Crippen molar-refractivity contribution in [3.8, 4) is 5.75 Å². The predicted molar refractivity (Wildman–Crippen MR) is 113 cm³/mol. The fourth-order valence-corrected chi connectivity index (χ4v) is 4.25. The Morgan fingerprint density at radius 2 is 1.60 bits per heavy atom. The van der Waals surface area contributed by atoms with E-state index in [0.29, 0.717) is 11.3 Å². The molecule has 7 heteroatoms. The van der Waals surface area contributed by atoms with Gasteiger partial charge >= 0.3 is 5.97 Å². The third kappa shape index (κ3) is 5.04. The first-order valence-electron chi connectivity index (χ1n) is 9.39. The summed E-state index contributed by atoms with van der Waals surface area (Å²) < 4.78 is 35.4. The molecule has 0 aromatic heterocycles. The van der Waals surface area contributed by atoms with Gasteiger partial charge in [0.05, 0.1) is 24.2 Å². The number of fused-ring (bicyclic) bond motifs is 1. The lowest BCUT2D eigenvalue weighted by molar-refractivity contribution is -0.145. The van der Waals surface area contributed by atoms with Gasteiger partial charge in [0.25, 0.3) is 0 Å². The van der Waals surface area contributed by atoms with E-state index in [9.17, 15) is 18.0 Å². The van der Waals surface area contributed by atoms with Crippen LogP contribution in [0.2, 0.25) is 0 Å². The van der Waals surface area contributed by atoms with Crippen LogP contribution in [-0.4, -0.2) is 39.1 Å². The maximum absolute atomic E-state index is 12.6. The van der Waals surface area contributed by atoms with Gasteiger partial charge in [-0.1, -0.05) is 30.3 Å². The minimum Gasteiger partial charge on any atom is -0.497 e. The van der Waals surface area contributed by atoms with Gasteiger partial charge in [-0.15, -0.1) is 0 Å². The van der Waals surface area contributed by atoms with Crippen LogP contribution < -0.4 is 4.74 Å². The van der Waals surface area contributed by atoms with Gasteiger partial charge in [0.15, 0.2) is 15.9 Å². The van der Waals surface area contributed by atoms with Gasteiger partial charge in [-0.3, -0.25) is 9.59 Å². The Balaban J connectivity index is 1.60. The molecule has 3 aromatic carbocycles. The Morgan fingerprint density at radius 1 is 0.933 bits per heavy atom. The number of carbonyl (C=O) groups is 2. The highest BCUT2D eigenvalue weighted by Crippen LogP contribution is 2.20. The molecule has 1 unspecified atom stereocenters. The zero-order valence-corrected chi connectivity index (χ0v) is 17.5. The van der Waals surface area contributed by atoms with Crippen LogP contribution in [-0.2, 0) is 19.4 Å². The van der Waals surface area contributed by atoms with Crippen molar-refractivity contribution in [3.05, 3.63) is 72.3 Å². The van der Waals surface area contributed by atoms with Crippen molar-refractivity contribution in [2.75, 3.05) is 12.9 Å². The second-order valence-electron chi connectivity index (χ2n) is 6.80. The van der Waals surface area contributed by atoms with Gasteiger partial charge in [0, 0.05) is 5.56 Å². The lowest BCUT2D eigenvalue weighted by Crippen LogP contribution is -2.25. The Morgan fingerprint density at radius 3 is 2.27 bits per heavy atom. The smallest absolute Gasteiger partial charge is 0.307 e. The summed E-state index contributed by atoms with van der Waals surface area (Å²) in [5.41, 5.74) is 0.375. The molecular formula is C23H22O6S.